The van der Waals surface area contributed by atoms with Gasteiger partial charge in [0, 0.05) is 32.1 Å². The Kier molecular flexibility index (Phi) is 6.83. The fourth-order valence-corrected chi connectivity index (χ4v) is 2.33. The van der Waals surface area contributed by atoms with Gasteiger partial charge in [-0.15, -0.1) is 0 Å². The molecule has 0 aliphatic rings. The zero-order valence-corrected chi connectivity index (χ0v) is 13.9. The fraction of sp³-hybridized carbons (Fsp3) is 0.375. The number of nitrogens with one attached hydrogen (secondary N) is 2. The molecule has 0 spiro atoms. The molecule has 1 heterocycles. The summed E-state index contributed by atoms with van der Waals surface area (Å²) in [7, 11) is 1.79. The van der Waals surface area contributed by atoms with Crippen molar-refractivity contribution in [1.29, 1.82) is 0 Å². The second-order valence-corrected chi connectivity index (χ2v) is 5.78. The standard InChI is InChI=1S/C16H23N5S/c1-17-16(19-10-11-22-2)18-9-8-14-12-20-21(13-14)15-6-4-3-5-7-15/h3-7,12-13H,8-11H2,1-2H3,(H2,17,18,19). The summed E-state index contributed by atoms with van der Waals surface area (Å²) in [6.07, 6.45) is 7.00. The van der Waals surface area contributed by atoms with E-state index < -0.39 is 0 Å². The van der Waals surface area contributed by atoms with E-state index in [0.29, 0.717) is 0 Å². The average Bonchev–Trinajstić information content (AvgIpc) is 3.03. The van der Waals surface area contributed by atoms with Crippen LogP contribution in [0.25, 0.3) is 5.69 Å². The van der Waals surface area contributed by atoms with E-state index in [1.165, 1.54) is 5.56 Å². The minimum atomic E-state index is 0.833. The molecule has 2 N–H and O–H groups in total. The minimum Gasteiger partial charge on any atom is -0.356 e. The van der Waals surface area contributed by atoms with Gasteiger partial charge in [-0.05, 0) is 30.4 Å². The largest absolute Gasteiger partial charge is 0.356 e. The van der Waals surface area contributed by atoms with Crippen LogP contribution in [-0.4, -0.2) is 47.9 Å². The van der Waals surface area contributed by atoms with Crippen molar-refractivity contribution in [2.24, 2.45) is 4.99 Å². The number of nitrogens with zero attached hydrogens (tertiary/aromatic N) is 3. The summed E-state index contributed by atoms with van der Waals surface area (Å²) < 4.78 is 1.90. The molecular formula is C16H23N5S. The lowest BCUT2D eigenvalue weighted by Gasteiger charge is -2.10. The van der Waals surface area contributed by atoms with Crippen LogP contribution >= 0.6 is 11.8 Å². The van der Waals surface area contributed by atoms with Crippen LogP contribution in [-0.2, 0) is 6.42 Å². The number of rotatable bonds is 7. The first-order valence-corrected chi connectivity index (χ1v) is 8.75. The monoisotopic (exact) mass is 317 g/mol. The Labute approximate surface area is 136 Å². The van der Waals surface area contributed by atoms with Gasteiger partial charge in [-0.3, -0.25) is 4.99 Å². The predicted molar refractivity (Wildman–Crippen MR) is 95.0 cm³/mol. The molecule has 0 radical (unpaired) electrons. The molecule has 0 fully saturated rings. The van der Waals surface area contributed by atoms with E-state index in [4.69, 9.17) is 0 Å². The highest BCUT2D eigenvalue weighted by Gasteiger charge is 2.01. The fourth-order valence-electron chi connectivity index (χ4n) is 2.03. The third-order valence-electron chi connectivity index (χ3n) is 3.19. The number of thioether (sulfide) groups is 1. The number of guanidine groups is 1. The van der Waals surface area contributed by atoms with Gasteiger partial charge in [0.05, 0.1) is 11.9 Å². The molecule has 0 amide bonds. The SMILES string of the molecule is CN=C(NCCSC)NCCc1cnn(-c2ccccc2)c1. The summed E-state index contributed by atoms with van der Waals surface area (Å²) in [6.45, 7) is 1.76. The maximum absolute atomic E-state index is 4.41. The highest BCUT2D eigenvalue weighted by atomic mass is 32.2. The number of benzene rings is 1. The number of hydrogen-bond acceptors (Lipinski definition) is 3. The maximum atomic E-state index is 4.41. The van der Waals surface area contributed by atoms with Crippen molar-refractivity contribution < 1.29 is 0 Å². The van der Waals surface area contributed by atoms with E-state index in [1.807, 2.05) is 53.0 Å². The van der Waals surface area contributed by atoms with Gasteiger partial charge in [0.2, 0.25) is 0 Å². The second kappa shape index (κ2) is 9.15. The summed E-state index contributed by atoms with van der Waals surface area (Å²) in [4.78, 5) is 4.21. The van der Waals surface area contributed by atoms with Gasteiger partial charge in [0.15, 0.2) is 5.96 Å². The van der Waals surface area contributed by atoms with Crippen LogP contribution in [0.3, 0.4) is 0 Å². The molecule has 22 heavy (non-hydrogen) atoms. The molecule has 2 aromatic rings. The van der Waals surface area contributed by atoms with Gasteiger partial charge in [-0.25, -0.2) is 4.68 Å². The molecule has 2 rings (SSSR count). The molecule has 0 saturated carbocycles. The van der Waals surface area contributed by atoms with Crippen molar-refractivity contribution in [2.45, 2.75) is 6.42 Å². The van der Waals surface area contributed by atoms with Crippen molar-refractivity contribution in [3.8, 4) is 5.69 Å². The molecule has 0 bridgehead atoms. The van der Waals surface area contributed by atoms with Crippen LogP contribution in [0, 0.1) is 0 Å². The van der Waals surface area contributed by atoms with Gasteiger partial charge < -0.3 is 10.6 Å². The van der Waals surface area contributed by atoms with Crippen molar-refractivity contribution >= 4 is 17.7 Å². The Morgan fingerprint density at radius 3 is 2.73 bits per heavy atom. The summed E-state index contributed by atoms with van der Waals surface area (Å²) >= 11 is 1.82. The molecule has 118 valence electrons. The lowest BCUT2D eigenvalue weighted by molar-refractivity contribution is 0.811. The van der Waals surface area contributed by atoms with Crippen molar-refractivity contribution in [2.75, 3.05) is 32.1 Å². The van der Waals surface area contributed by atoms with Crippen LogP contribution in [0.4, 0.5) is 0 Å². The molecule has 0 aliphatic heterocycles. The zero-order chi connectivity index (χ0) is 15.6. The lowest BCUT2D eigenvalue weighted by atomic mass is 10.2. The number of aromatic nitrogens is 2. The molecule has 1 aromatic heterocycles. The van der Waals surface area contributed by atoms with Gasteiger partial charge in [0.1, 0.15) is 0 Å². The van der Waals surface area contributed by atoms with Gasteiger partial charge in [0.25, 0.3) is 0 Å². The molecule has 0 atom stereocenters. The second-order valence-electron chi connectivity index (χ2n) is 4.80. The molecule has 1 aromatic carbocycles. The van der Waals surface area contributed by atoms with E-state index in [1.54, 1.807) is 7.05 Å². The molecular weight excluding hydrogens is 294 g/mol. The first kappa shape index (κ1) is 16.4. The normalized spacial score (nSPS) is 11.5. The van der Waals surface area contributed by atoms with Gasteiger partial charge >= 0.3 is 0 Å². The Hall–Kier alpha value is -1.95. The number of para-hydroxylation sites is 1. The first-order chi connectivity index (χ1) is 10.8. The maximum Gasteiger partial charge on any atom is 0.191 e. The summed E-state index contributed by atoms with van der Waals surface area (Å²) in [6, 6.07) is 10.1. The van der Waals surface area contributed by atoms with Gasteiger partial charge in [-0.2, -0.15) is 16.9 Å². The minimum absolute atomic E-state index is 0.833. The third-order valence-corrected chi connectivity index (χ3v) is 3.80. The Morgan fingerprint density at radius 2 is 2.00 bits per heavy atom. The average molecular weight is 317 g/mol. The van der Waals surface area contributed by atoms with E-state index in [9.17, 15) is 0 Å². The van der Waals surface area contributed by atoms with Crippen LogP contribution in [0.5, 0.6) is 0 Å². The number of aliphatic imine (C=N–C) groups is 1. The Bertz CT molecular complexity index is 579. The number of hydrogen-bond donors (Lipinski definition) is 2. The molecule has 6 heteroatoms. The quantitative estimate of drug-likeness (QED) is 0.465. The summed E-state index contributed by atoms with van der Waals surface area (Å²) in [5, 5.41) is 11.0. The Balaban J connectivity index is 1.79. The van der Waals surface area contributed by atoms with E-state index in [0.717, 1.165) is 36.9 Å². The molecule has 0 saturated heterocycles. The van der Waals surface area contributed by atoms with Crippen LogP contribution in [0.2, 0.25) is 0 Å². The predicted octanol–water partition coefficient (Wildman–Crippen LogP) is 1.94. The van der Waals surface area contributed by atoms with E-state index in [2.05, 4.69) is 33.2 Å². The Morgan fingerprint density at radius 1 is 1.23 bits per heavy atom. The van der Waals surface area contributed by atoms with Crippen molar-refractivity contribution in [3.05, 3.63) is 48.3 Å². The smallest absolute Gasteiger partial charge is 0.191 e. The van der Waals surface area contributed by atoms with Crippen molar-refractivity contribution in [3.63, 3.8) is 0 Å². The highest BCUT2D eigenvalue weighted by molar-refractivity contribution is 7.98. The third kappa shape index (κ3) is 5.11. The first-order valence-electron chi connectivity index (χ1n) is 7.36. The zero-order valence-electron chi connectivity index (χ0n) is 13.1. The summed E-state index contributed by atoms with van der Waals surface area (Å²) in [5.74, 6) is 1.93. The molecule has 5 nitrogen and oxygen atoms in total. The van der Waals surface area contributed by atoms with E-state index >= 15 is 0 Å². The lowest BCUT2D eigenvalue weighted by Crippen LogP contribution is -2.39. The van der Waals surface area contributed by atoms with Crippen LogP contribution in [0.1, 0.15) is 5.56 Å². The van der Waals surface area contributed by atoms with E-state index in [-0.39, 0.29) is 0 Å². The molecule has 0 aliphatic carbocycles. The molecule has 0 unspecified atom stereocenters. The topological polar surface area (TPSA) is 54.2 Å². The van der Waals surface area contributed by atoms with Crippen LogP contribution in [0.15, 0.2) is 47.7 Å². The summed E-state index contributed by atoms with van der Waals surface area (Å²) in [5.41, 5.74) is 2.28. The van der Waals surface area contributed by atoms with Crippen LogP contribution < -0.4 is 10.6 Å². The van der Waals surface area contributed by atoms with Gasteiger partial charge in [-0.1, -0.05) is 18.2 Å². The highest BCUT2D eigenvalue weighted by Crippen LogP contribution is 2.07. The van der Waals surface area contributed by atoms with Crippen molar-refractivity contribution in [1.82, 2.24) is 20.4 Å².